The first-order valence-electron chi connectivity index (χ1n) is 7.53. The standard InChI is InChI=1S/C18H10BrFN4O2/c19-11-1-2-12(13(20)7-11)14-9-17-22-15(18(25)26)8-16(24(17)23-14)10-3-5-21-6-4-10/h1-9H,(H,25,26). The lowest BCUT2D eigenvalue weighted by molar-refractivity contribution is 0.0690. The van der Waals surface area contributed by atoms with Gasteiger partial charge in [0.2, 0.25) is 0 Å². The molecule has 1 N–H and O–H groups in total. The van der Waals surface area contributed by atoms with Crippen LogP contribution < -0.4 is 0 Å². The molecule has 0 amide bonds. The molecular formula is C18H10BrFN4O2. The van der Waals surface area contributed by atoms with Gasteiger partial charge in [0.15, 0.2) is 11.3 Å². The van der Waals surface area contributed by atoms with Crippen molar-refractivity contribution in [2.45, 2.75) is 0 Å². The van der Waals surface area contributed by atoms with Crippen molar-refractivity contribution in [2.24, 2.45) is 0 Å². The van der Waals surface area contributed by atoms with Crippen LogP contribution in [0.4, 0.5) is 4.39 Å². The Morgan fingerprint density at radius 3 is 2.58 bits per heavy atom. The fraction of sp³-hybridized carbons (Fsp3) is 0. The van der Waals surface area contributed by atoms with E-state index in [2.05, 4.69) is 31.0 Å². The van der Waals surface area contributed by atoms with Crippen LogP contribution in [-0.4, -0.2) is 30.7 Å². The monoisotopic (exact) mass is 412 g/mol. The van der Waals surface area contributed by atoms with Gasteiger partial charge < -0.3 is 5.11 Å². The summed E-state index contributed by atoms with van der Waals surface area (Å²) in [4.78, 5) is 19.5. The van der Waals surface area contributed by atoms with Crippen molar-refractivity contribution >= 4 is 27.5 Å². The number of hydrogen-bond acceptors (Lipinski definition) is 4. The van der Waals surface area contributed by atoms with Gasteiger partial charge in [-0.1, -0.05) is 15.9 Å². The first-order valence-corrected chi connectivity index (χ1v) is 8.32. The van der Waals surface area contributed by atoms with Gasteiger partial charge in [-0.3, -0.25) is 4.98 Å². The number of carboxylic acid groups (broad SMARTS) is 1. The number of aromatic carboxylic acids is 1. The molecule has 26 heavy (non-hydrogen) atoms. The number of fused-ring (bicyclic) bond motifs is 1. The first-order chi connectivity index (χ1) is 12.5. The molecule has 0 saturated heterocycles. The van der Waals surface area contributed by atoms with E-state index in [0.717, 1.165) is 5.56 Å². The molecule has 6 nitrogen and oxygen atoms in total. The number of pyridine rings is 1. The number of hydrogen-bond donors (Lipinski definition) is 1. The maximum absolute atomic E-state index is 14.3. The lowest BCUT2D eigenvalue weighted by Crippen LogP contribution is -2.05. The molecule has 0 saturated carbocycles. The van der Waals surface area contributed by atoms with Crippen LogP contribution in [0.15, 0.2) is 59.3 Å². The van der Waals surface area contributed by atoms with Crippen molar-refractivity contribution in [3.8, 4) is 22.5 Å². The lowest BCUT2D eigenvalue weighted by Gasteiger charge is -2.06. The van der Waals surface area contributed by atoms with Gasteiger partial charge in [0.1, 0.15) is 5.82 Å². The summed E-state index contributed by atoms with van der Waals surface area (Å²) in [6, 6.07) is 11.1. The molecule has 3 aromatic heterocycles. The topological polar surface area (TPSA) is 80.4 Å². The Labute approximate surface area is 155 Å². The van der Waals surface area contributed by atoms with E-state index in [1.165, 1.54) is 16.6 Å². The van der Waals surface area contributed by atoms with E-state index in [-0.39, 0.29) is 5.69 Å². The summed E-state index contributed by atoms with van der Waals surface area (Å²) < 4.78 is 16.4. The van der Waals surface area contributed by atoms with E-state index in [0.29, 0.717) is 27.1 Å². The summed E-state index contributed by atoms with van der Waals surface area (Å²) in [6.07, 6.45) is 3.20. The van der Waals surface area contributed by atoms with Crippen molar-refractivity contribution in [3.63, 3.8) is 0 Å². The molecule has 128 valence electrons. The quantitative estimate of drug-likeness (QED) is 0.548. The average molecular weight is 413 g/mol. The van der Waals surface area contributed by atoms with E-state index in [1.54, 1.807) is 42.7 Å². The highest BCUT2D eigenvalue weighted by Gasteiger charge is 2.17. The fourth-order valence-corrected chi connectivity index (χ4v) is 2.97. The van der Waals surface area contributed by atoms with Crippen molar-refractivity contribution in [1.29, 1.82) is 0 Å². The van der Waals surface area contributed by atoms with Crippen molar-refractivity contribution in [3.05, 3.63) is 70.8 Å². The number of benzene rings is 1. The number of aromatic nitrogens is 4. The molecule has 0 aliphatic carbocycles. The lowest BCUT2D eigenvalue weighted by atomic mass is 10.1. The molecule has 0 bridgehead atoms. The van der Waals surface area contributed by atoms with Crippen LogP contribution in [0.1, 0.15) is 10.5 Å². The Kier molecular flexibility index (Phi) is 3.96. The number of halogens is 2. The maximum atomic E-state index is 14.3. The Morgan fingerprint density at radius 2 is 1.88 bits per heavy atom. The molecule has 3 heterocycles. The van der Waals surface area contributed by atoms with E-state index < -0.39 is 11.8 Å². The van der Waals surface area contributed by atoms with Crippen LogP contribution in [-0.2, 0) is 0 Å². The summed E-state index contributed by atoms with van der Waals surface area (Å²) >= 11 is 3.22. The van der Waals surface area contributed by atoms with E-state index in [1.807, 2.05) is 0 Å². The van der Waals surface area contributed by atoms with Crippen molar-refractivity contribution < 1.29 is 14.3 Å². The minimum absolute atomic E-state index is 0.118. The fourth-order valence-electron chi connectivity index (χ4n) is 2.64. The SMILES string of the molecule is O=C(O)c1cc(-c2ccncc2)n2nc(-c3ccc(Br)cc3F)cc2n1. The highest BCUT2D eigenvalue weighted by Crippen LogP contribution is 2.28. The second-order valence-electron chi connectivity index (χ2n) is 5.49. The number of nitrogens with zero attached hydrogens (tertiary/aromatic N) is 4. The largest absolute Gasteiger partial charge is 0.477 e. The van der Waals surface area contributed by atoms with Crippen LogP contribution >= 0.6 is 15.9 Å². The first kappa shape index (κ1) is 16.3. The highest BCUT2D eigenvalue weighted by atomic mass is 79.9. The second-order valence-corrected chi connectivity index (χ2v) is 6.41. The Morgan fingerprint density at radius 1 is 1.12 bits per heavy atom. The van der Waals surface area contributed by atoms with Crippen LogP contribution in [0.5, 0.6) is 0 Å². The Hall–Kier alpha value is -3.13. The van der Waals surface area contributed by atoms with Gasteiger partial charge in [-0.2, -0.15) is 5.10 Å². The smallest absolute Gasteiger partial charge is 0.354 e. The number of rotatable bonds is 3. The second kappa shape index (κ2) is 6.30. The molecular weight excluding hydrogens is 403 g/mol. The van der Waals surface area contributed by atoms with Gasteiger partial charge >= 0.3 is 5.97 Å². The molecule has 0 atom stereocenters. The van der Waals surface area contributed by atoms with Crippen LogP contribution in [0.2, 0.25) is 0 Å². The minimum atomic E-state index is -1.15. The number of carbonyl (C=O) groups is 1. The molecule has 8 heteroatoms. The van der Waals surface area contributed by atoms with Gasteiger partial charge in [-0.25, -0.2) is 18.7 Å². The van der Waals surface area contributed by atoms with Gasteiger partial charge in [-0.05, 0) is 36.4 Å². The number of carboxylic acids is 1. The molecule has 1 aromatic carbocycles. The molecule has 0 unspecified atom stereocenters. The van der Waals surface area contributed by atoms with Gasteiger partial charge in [-0.15, -0.1) is 0 Å². The highest BCUT2D eigenvalue weighted by molar-refractivity contribution is 9.10. The van der Waals surface area contributed by atoms with E-state index >= 15 is 0 Å². The summed E-state index contributed by atoms with van der Waals surface area (Å²) in [5.74, 6) is -1.59. The van der Waals surface area contributed by atoms with Crippen LogP contribution in [0.3, 0.4) is 0 Å². The van der Waals surface area contributed by atoms with E-state index in [9.17, 15) is 14.3 Å². The maximum Gasteiger partial charge on any atom is 0.354 e. The Bertz CT molecular complexity index is 1140. The predicted molar refractivity (Wildman–Crippen MR) is 96.3 cm³/mol. The molecule has 0 radical (unpaired) electrons. The molecule has 0 spiro atoms. The third kappa shape index (κ3) is 2.84. The van der Waals surface area contributed by atoms with Gasteiger partial charge in [0.25, 0.3) is 0 Å². The van der Waals surface area contributed by atoms with Crippen LogP contribution in [0, 0.1) is 5.82 Å². The average Bonchev–Trinajstić information content (AvgIpc) is 3.05. The zero-order valence-corrected chi connectivity index (χ0v) is 14.7. The normalized spacial score (nSPS) is 11.0. The molecule has 0 aliphatic heterocycles. The summed E-state index contributed by atoms with van der Waals surface area (Å²) in [7, 11) is 0. The molecule has 0 fully saturated rings. The molecule has 4 aromatic rings. The predicted octanol–water partition coefficient (Wildman–Crippen LogP) is 4.06. The van der Waals surface area contributed by atoms with Crippen LogP contribution in [0.25, 0.3) is 28.2 Å². The van der Waals surface area contributed by atoms with E-state index in [4.69, 9.17) is 0 Å². The zero-order valence-electron chi connectivity index (χ0n) is 13.1. The summed E-state index contributed by atoms with van der Waals surface area (Å²) in [6.45, 7) is 0. The third-order valence-corrected chi connectivity index (χ3v) is 4.32. The van der Waals surface area contributed by atoms with Crippen molar-refractivity contribution in [2.75, 3.05) is 0 Å². The zero-order chi connectivity index (χ0) is 18.3. The third-order valence-electron chi connectivity index (χ3n) is 3.83. The molecule has 0 aliphatic rings. The van der Waals surface area contributed by atoms with Gasteiger partial charge in [0, 0.05) is 34.1 Å². The Balaban J connectivity index is 1.99. The molecule has 4 rings (SSSR count). The summed E-state index contributed by atoms with van der Waals surface area (Å²) in [5.41, 5.74) is 2.11. The summed E-state index contributed by atoms with van der Waals surface area (Å²) in [5, 5.41) is 13.8. The van der Waals surface area contributed by atoms with Crippen molar-refractivity contribution in [1.82, 2.24) is 19.6 Å². The van der Waals surface area contributed by atoms with Gasteiger partial charge in [0.05, 0.1) is 11.4 Å². The minimum Gasteiger partial charge on any atom is -0.477 e.